The lowest BCUT2D eigenvalue weighted by Gasteiger charge is -2.39. The zero-order valence-electron chi connectivity index (χ0n) is 19.7. The minimum Gasteiger partial charge on any atom is -0.391 e. The molecule has 5 heterocycles. The van der Waals surface area contributed by atoms with Gasteiger partial charge in [0.25, 0.3) is 0 Å². The molecule has 1 N–H and O–H groups in total. The van der Waals surface area contributed by atoms with Crippen molar-refractivity contribution in [2.45, 2.75) is 31.4 Å². The van der Waals surface area contributed by atoms with Crippen LogP contribution in [0.4, 0.5) is 5.82 Å². The fourth-order valence-corrected chi connectivity index (χ4v) is 5.51. The molecule has 0 aromatic carbocycles. The standard InChI is InChI=1S/C26H28N8O/c1-31-16-21(15-29-31)19-11-22(26-20(12-27)14-30-34(26)17-19)18-5-6-25(28-13-18)33-9-7-32(8-10-33)23-3-2-4-24(23)35/h5-6,11,13-17,23-24,35H,2-4,7-10H2,1H3/t23-,24-/m1/s1. The minimum absolute atomic E-state index is 0.180. The molecule has 178 valence electrons. The smallest absolute Gasteiger partial charge is 0.128 e. The zero-order chi connectivity index (χ0) is 23.9. The van der Waals surface area contributed by atoms with E-state index in [1.54, 1.807) is 15.4 Å². The Balaban J connectivity index is 1.28. The summed E-state index contributed by atoms with van der Waals surface area (Å²) in [5, 5.41) is 28.6. The van der Waals surface area contributed by atoms with E-state index in [4.69, 9.17) is 4.98 Å². The van der Waals surface area contributed by atoms with E-state index in [1.165, 1.54) is 0 Å². The first-order chi connectivity index (χ1) is 17.1. The summed E-state index contributed by atoms with van der Waals surface area (Å²) in [6.45, 7) is 3.69. The third-order valence-electron chi connectivity index (χ3n) is 7.38. The lowest BCUT2D eigenvalue weighted by molar-refractivity contribution is 0.0671. The summed E-state index contributed by atoms with van der Waals surface area (Å²) in [6.07, 6.45) is 12.2. The van der Waals surface area contributed by atoms with Gasteiger partial charge in [0.05, 0.1) is 29.6 Å². The van der Waals surface area contributed by atoms with E-state index in [1.807, 2.05) is 31.8 Å². The molecule has 1 saturated carbocycles. The summed E-state index contributed by atoms with van der Waals surface area (Å²) in [7, 11) is 1.89. The zero-order valence-corrected chi connectivity index (χ0v) is 19.7. The molecule has 2 atom stereocenters. The molecule has 35 heavy (non-hydrogen) atoms. The summed E-state index contributed by atoms with van der Waals surface area (Å²) in [5.74, 6) is 0.953. The second kappa shape index (κ2) is 8.80. The van der Waals surface area contributed by atoms with Crippen LogP contribution in [0.15, 0.2) is 49.2 Å². The molecule has 1 aliphatic carbocycles. The molecule has 9 nitrogen and oxygen atoms in total. The lowest BCUT2D eigenvalue weighted by Crippen LogP contribution is -2.52. The van der Waals surface area contributed by atoms with Gasteiger partial charge in [0, 0.05) is 80.1 Å². The van der Waals surface area contributed by atoms with Crippen molar-refractivity contribution in [3.8, 4) is 28.3 Å². The maximum atomic E-state index is 10.3. The number of aliphatic hydroxyl groups excluding tert-OH is 1. The van der Waals surface area contributed by atoms with E-state index >= 15 is 0 Å². The average Bonchev–Trinajstić information content (AvgIpc) is 3.63. The third kappa shape index (κ3) is 3.95. The second-order valence-electron chi connectivity index (χ2n) is 9.50. The number of rotatable bonds is 4. The van der Waals surface area contributed by atoms with Gasteiger partial charge in [-0.1, -0.05) is 0 Å². The van der Waals surface area contributed by atoms with Gasteiger partial charge in [-0.2, -0.15) is 15.5 Å². The number of fused-ring (bicyclic) bond motifs is 1. The van der Waals surface area contributed by atoms with Gasteiger partial charge in [-0.05, 0) is 37.5 Å². The average molecular weight is 469 g/mol. The molecule has 0 spiro atoms. The van der Waals surface area contributed by atoms with E-state index in [-0.39, 0.29) is 6.10 Å². The van der Waals surface area contributed by atoms with Gasteiger partial charge in [0.15, 0.2) is 0 Å². The minimum atomic E-state index is -0.180. The van der Waals surface area contributed by atoms with Crippen LogP contribution in [-0.2, 0) is 7.05 Å². The van der Waals surface area contributed by atoms with E-state index in [2.05, 4.69) is 44.3 Å². The number of pyridine rings is 2. The Morgan fingerprint density at radius 3 is 2.49 bits per heavy atom. The summed E-state index contributed by atoms with van der Waals surface area (Å²) in [4.78, 5) is 9.54. The van der Waals surface area contributed by atoms with Gasteiger partial charge < -0.3 is 10.0 Å². The van der Waals surface area contributed by atoms with Crippen LogP contribution in [0.1, 0.15) is 24.8 Å². The fraction of sp³-hybridized carbons (Fsp3) is 0.385. The highest BCUT2D eigenvalue weighted by Gasteiger charge is 2.32. The maximum absolute atomic E-state index is 10.3. The van der Waals surface area contributed by atoms with Crippen LogP contribution < -0.4 is 4.90 Å². The Morgan fingerprint density at radius 2 is 1.83 bits per heavy atom. The number of hydrogen-bond acceptors (Lipinski definition) is 7. The summed E-state index contributed by atoms with van der Waals surface area (Å²) >= 11 is 0. The highest BCUT2D eigenvalue weighted by molar-refractivity contribution is 5.87. The first-order valence-corrected chi connectivity index (χ1v) is 12.1. The Hall–Kier alpha value is -3.74. The van der Waals surface area contributed by atoms with Crippen molar-refractivity contribution in [3.05, 3.63) is 54.7 Å². The van der Waals surface area contributed by atoms with E-state index in [0.29, 0.717) is 11.6 Å². The van der Waals surface area contributed by atoms with Crippen molar-refractivity contribution in [1.82, 2.24) is 29.3 Å². The Bertz CT molecular complexity index is 1390. The maximum Gasteiger partial charge on any atom is 0.128 e. The molecule has 2 fully saturated rings. The number of nitrogens with zero attached hydrogens (tertiary/aromatic N) is 8. The van der Waals surface area contributed by atoms with Crippen LogP contribution in [0.5, 0.6) is 0 Å². The Labute approximate surface area is 203 Å². The molecular weight excluding hydrogens is 440 g/mol. The SMILES string of the molecule is Cn1cc(-c2cc(-c3ccc(N4CCN([C@@H]5CCC[C@H]5O)CC4)nc3)c3c(C#N)cnn3c2)cn1. The number of aliphatic hydroxyl groups is 1. The van der Waals surface area contributed by atoms with Crippen molar-refractivity contribution in [2.75, 3.05) is 31.1 Å². The normalized spacial score (nSPS) is 21.0. The van der Waals surface area contributed by atoms with Crippen molar-refractivity contribution in [3.63, 3.8) is 0 Å². The third-order valence-corrected chi connectivity index (χ3v) is 7.38. The molecule has 0 amide bonds. The van der Waals surface area contributed by atoms with Crippen LogP contribution >= 0.6 is 0 Å². The first-order valence-electron chi connectivity index (χ1n) is 12.1. The molecule has 6 rings (SSSR count). The number of nitriles is 1. The van der Waals surface area contributed by atoms with E-state index in [0.717, 1.165) is 79.0 Å². The fourth-order valence-electron chi connectivity index (χ4n) is 5.51. The largest absolute Gasteiger partial charge is 0.391 e. The predicted molar refractivity (Wildman–Crippen MR) is 133 cm³/mol. The molecule has 0 radical (unpaired) electrons. The number of aromatic nitrogens is 5. The van der Waals surface area contributed by atoms with Gasteiger partial charge in [0.1, 0.15) is 11.9 Å². The quantitative estimate of drug-likeness (QED) is 0.492. The molecule has 4 aromatic rings. The Morgan fingerprint density at radius 1 is 0.971 bits per heavy atom. The monoisotopic (exact) mass is 468 g/mol. The predicted octanol–water partition coefficient (Wildman–Crippen LogP) is 2.70. The van der Waals surface area contributed by atoms with Crippen molar-refractivity contribution < 1.29 is 5.11 Å². The molecule has 0 unspecified atom stereocenters. The van der Waals surface area contributed by atoms with Gasteiger partial charge in [-0.3, -0.25) is 9.58 Å². The highest BCUT2D eigenvalue weighted by Crippen LogP contribution is 2.32. The van der Waals surface area contributed by atoms with Crippen molar-refractivity contribution in [1.29, 1.82) is 5.26 Å². The summed E-state index contributed by atoms with van der Waals surface area (Å²) in [6, 6.07) is 8.79. The molecule has 9 heteroatoms. The van der Waals surface area contributed by atoms with Gasteiger partial charge in [-0.25, -0.2) is 9.50 Å². The lowest BCUT2D eigenvalue weighted by atomic mass is 10.0. The second-order valence-corrected chi connectivity index (χ2v) is 9.50. The van der Waals surface area contributed by atoms with Gasteiger partial charge in [-0.15, -0.1) is 0 Å². The summed E-state index contributed by atoms with van der Waals surface area (Å²) in [5.41, 5.74) is 5.13. The van der Waals surface area contributed by atoms with Crippen LogP contribution in [0.25, 0.3) is 27.8 Å². The molecule has 0 bridgehead atoms. The Kier molecular flexibility index (Phi) is 5.47. The van der Waals surface area contributed by atoms with Crippen LogP contribution in [0.2, 0.25) is 0 Å². The summed E-state index contributed by atoms with van der Waals surface area (Å²) < 4.78 is 3.54. The number of hydrogen-bond donors (Lipinski definition) is 1. The van der Waals surface area contributed by atoms with Crippen molar-refractivity contribution in [2.24, 2.45) is 7.05 Å². The van der Waals surface area contributed by atoms with Gasteiger partial charge in [0.2, 0.25) is 0 Å². The first kappa shape index (κ1) is 21.8. The van der Waals surface area contributed by atoms with E-state index < -0.39 is 0 Å². The number of aryl methyl sites for hydroxylation is 1. The molecule has 2 aliphatic rings. The van der Waals surface area contributed by atoms with Crippen LogP contribution in [0, 0.1) is 11.3 Å². The van der Waals surface area contributed by atoms with E-state index in [9.17, 15) is 10.4 Å². The topological polar surface area (TPSA) is 98.5 Å². The molecule has 4 aromatic heterocycles. The number of piperazine rings is 1. The molecule has 1 aliphatic heterocycles. The van der Waals surface area contributed by atoms with Crippen LogP contribution in [0.3, 0.4) is 0 Å². The molecular formula is C26H28N8O. The number of anilines is 1. The molecule has 1 saturated heterocycles. The van der Waals surface area contributed by atoms with Crippen LogP contribution in [-0.4, -0.2) is 72.7 Å². The van der Waals surface area contributed by atoms with Crippen molar-refractivity contribution >= 4 is 11.3 Å². The highest BCUT2D eigenvalue weighted by atomic mass is 16.3. The van der Waals surface area contributed by atoms with Gasteiger partial charge >= 0.3 is 0 Å².